The highest BCUT2D eigenvalue weighted by Crippen LogP contribution is 2.61. The smallest absolute Gasteiger partial charge is 0.242 e. The molecule has 5 heteroatoms. The third kappa shape index (κ3) is 2.36. The number of rotatable bonds is 4. The molecule has 1 aromatic heterocycles. The van der Waals surface area contributed by atoms with Crippen LogP contribution in [0.15, 0.2) is 12.7 Å². The Balaban J connectivity index is 1.42. The molecule has 114 valence electrons. The van der Waals surface area contributed by atoms with Crippen LogP contribution in [-0.4, -0.2) is 26.7 Å². The Morgan fingerprint density at radius 3 is 2.43 bits per heavy atom. The SMILES string of the molecule is CC(NC(=O)Cn1cncn1)C12CC3CC(CC(C3)C1)C2. The van der Waals surface area contributed by atoms with E-state index in [1.807, 2.05) is 0 Å². The van der Waals surface area contributed by atoms with E-state index in [0.29, 0.717) is 5.41 Å². The zero-order valence-electron chi connectivity index (χ0n) is 12.7. The average Bonchev–Trinajstić information content (AvgIpc) is 2.89. The van der Waals surface area contributed by atoms with E-state index in [9.17, 15) is 4.79 Å². The summed E-state index contributed by atoms with van der Waals surface area (Å²) in [7, 11) is 0. The van der Waals surface area contributed by atoms with Gasteiger partial charge in [-0.3, -0.25) is 4.79 Å². The maximum Gasteiger partial charge on any atom is 0.242 e. The molecule has 1 unspecified atom stereocenters. The molecule has 4 saturated carbocycles. The number of hydrogen-bond acceptors (Lipinski definition) is 3. The van der Waals surface area contributed by atoms with E-state index in [2.05, 4.69) is 22.3 Å². The molecule has 0 radical (unpaired) electrons. The summed E-state index contributed by atoms with van der Waals surface area (Å²) < 4.78 is 1.59. The molecule has 0 aliphatic heterocycles. The first kappa shape index (κ1) is 13.3. The van der Waals surface area contributed by atoms with E-state index in [4.69, 9.17) is 0 Å². The second-order valence-electron chi connectivity index (χ2n) is 7.66. The summed E-state index contributed by atoms with van der Waals surface area (Å²) in [5, 5.41) is 7.25. The van der Waals surface area contributed by atoms with Crippen molar-refractivity contribution >= 4 is 5.91 Å². The molecule has 1 aromatic rings. The van der Waals surface area contributed by atoms with Crippen LogP contribution in [0.3, 0.4) is 0 Å². The van der Waals surface area contributed by atoms with Crippen LogP contribution in [-0.2, 0) is 11.3 Å². The number of nitrogens with one attached hydrogen (secondary N) is 1. The molecule has 0 spiro atoms. The van der Waals surface area contributed by atoms with Crippen molar-refractivity contribution in [3.8, 4) is 0 Å². The van der Waals surface area contributed by atoms with Crippen LogP contribution in [0.4, 0.5) is 0 Å². The van der Waals surface area contributed by atoms with Crippen LogP contribution in [0.1, 0.15) is 45.4 Å². The predicted octanol–water partition coefficient (Wildman–Crippen LogP) is 2.00. The largest absolute Gasteiger partial charge is 0.351 e. The second-order valence-corrected chi connectivity index (χ2v) is 7.66. The van der Waals surface area contributed by atoms with Gasteiger partial charge in [-0.15, -0.1) is 0 Å². The molecule has 4 aliphatic carbocycles. The lowest BCUT2D eigenvalue weighted by molar-refractivity contribution is -0.126. The number of hydrogen-bond donors (Lipinski definition) is 1. The van der Waals surface area contributed by atoms with Crippen molar-refractivity contribution in [1.29, 1.82) is 0 Å². The number of amides is 1. The molecule has 1 N–H and O–H groups in total. The molecule has 5 rings (SSSR count). The summed E-state index contributed by atoms with van der Waals surface area (Å²) in [6.07, 6.45) is 11.4. The van der Waals surface area contributed by atoms with Crippen LogP contribution < -0.4 is 5.32 Å². The summed E-state index contributed by atoms with van der Waals surface area (Å²) in [4.78, 5) is 16.1. The monoisotopic (exact) mass is 288 g/mol. The normalized spacial score (nSPS) is 38.4. The molecular formula is C16H24N4O. The standard InChI is InChI=1S/C16H24N4O/c1-11(19-15(21)8-20-10-17-9-18-20)16-5-12-2-13(6-16)4-14(3-12)7-16/h9-14H,2-8H2,1H3,(H,19,21). The van der Waals surface area contributed by atoms with Crippen molar-refractivity contribution in [3.63, 3.8) is 0 Å². The molecular weight excluding hydrogens is 264 g/mol. The molecule has 1 atom stereocenters. The molecule has 1 amide bonds. The van der Waals surface area contributed by atoms with E-state index >= 15 is 0 Å². The molecule has 21 heavy (non-hydrogen) atoms. The van der Waals surface area contributed by atoms with E-state index in [1.165, 1.54) is 44.9 Å². The minimum atomic E-state index is 0.0590. The van der Waals surface area contributed by atoms with E-state index < -0.39 is 0 Å². The topological polar surface area (TPSA) is 59.8 Å². The van der Waals surface area contributed by atoms with Crippen molar-refractivity contribution in [3.05, 3.63) is 12.7 Å². The maximum atomic E-state index is 12.2. The number of nitrogens with zero attached hydrogens (tertiary/aromatic N) is 3. The van der Waals surface area contributed by atoms with Gasteiger partial charge >= 0.3 is 0 Å². The van der Waals surface area contributed by atoms with Crippen molar-refractivity contribution in [1.82, 2.24) is 20.1 Å². The van der Waals surface area contributed by atoms with Gasteiger partial charge in [-0.1, -0.05) is 0 Å². The van der Waals surface area contributed by atoms with Crippen molar-refractivity contribution in [2.45, 2.75) is 58.0 Å². The van der Waals surface area contributed by atoms with E-state index in [1.54, 1.807) is 11.0 Å². The van der Waals surface area contributed by atoms with Gasteiger partial charge in [0.2, 0.25) is 5.91 Å². The Morgan fingerprint density at radius 2 is 1.90 bits per heavy atom. The van der Waals surface area contributed by atoms with Gasteiger partial charge in [-0.25, -0.2) is 9.67 Å². The van der Waals surface area contributed by atoms with Gasteiger partial charge in [-0.05, 0) is 68.6 Å². The first-order valence-corrected chi connectivity index (χ1v) is 8.25. The highest BCUT2D eigenvalue weighted by atomic mass is 16.2. The number of aromatic nitrogens is 3. The van der Waals surface area contributed by atoms with Crippen molar-refractivity contribution in [2.24, 2.45) is 23.2 Å². The highest BCUT2D eigenvalue weighted by molar-refractivity contribution is 5.76. The Labute approximate surface area is 125 Å². The first-order chi connectivity index (χ1) is 10.1. The summed E-state index contributed by atoms with van der Waals surface area (Å²) in [5.41, 5.74) is 0.368. The van der Waals surface area contributed by atoms with Crippen LogP contribution in [0.2, 0.25) is 0 Å². The first-order valence-electron chi connectivity index (χ1n) is 8.25. The van der Waals surface area contributed by atoms with E-state index in [-0.39, 0.29) is 18.5 Å². The Bertz CT molecular complexity index is 489. The molecule has 4 bridgehead atoms. The summed E-state index contributed by atoms with van der Waals surface area (Å²) in [5.74, 6) is 2.83. The lowest BCUT2D eigenvalue weighted by Gasteiger charge is -2.59. The Kier molecular flexibility index (Phi) is 3.05. The van der Waals surface area contributed by atoms with Gasteiger partial charge in [0.1, 0.15) is 19.2 Å². The number of carbonyl (C=O) groups is 1. The fourth-order valence-corrected chi connectivity index (χ4v) is 5.61. The van der Waals surface area contributed by atoms with Gasteiger partial charge in [0, 0.05) is 6.04 Å². The quantitative estimate of drug-likeness (QED) is 0.922. The molecule has 5 nitrogen and oxygen atoms in total. The lowest BCUT2D eigenvalue weighted by Crippen LogP contribution is -2.56. The minimum absolute atomic E-state index is 0.0590. The van der Waals surface area contributed by atoms with Crippen LogP contribution in [0, 0.1) is 23.2 Å². The third-order valence-corrected chi connectivity index (χ3v) is 6.15. The molecule has 4 fully saturated rings. The van der Waals surface area contributed by atoms with Gasteiger partial charge in [0.05, 0.1) is 0 Å². The van der Waals surface area contributed by atoms with Gasteiger partial charge in [0.15, 0.2) is 0 Å². The Hall–Kier alpha value is -1.39. The molecule has 1 heterocycles. The fourth-order valence-electron chi connectivity index (χ4n) is 5.61. The van der Waals surface area contributed by atoms with Gasteiger partial charge in [0.25, 0.3) is 0 Å². The summed E-state index contributed by atoms with van der Waals surface area (Å²) in [6, 6.07) is 0.280. The average molecular weight is 288 g/mol. The maximum absolute atomic E-state index is 12.2. The predicted molar refractivity (Wildman–Crippen MR) is 78.2 cm³/mol. The Morgan fingerprint density at radius 1 is 1.29 bits per heavy atom. The van der Waals surface area contributed by atoms with Gasteiger partial charge < -0.3 is 5.32 Å². The molecule has 0 aromatic carbocycles. The molecule has 4 aliphatic rings. The van der Waals surface area contributed by atoms with Gasteiger partial charge in [-0.2, -0.15) is 5.10 Å². The highest BCUT2D eigenvalue weighted by Gasteiger charge is 2.53. The molecule has 0 saturated heterocycles. The lowest BCUT2D eigenvalue weighted by atomic mass is 9.48. The minimum Gasteiger partial charge on any atom is -0.351 e. The van der Waals surface area contributed by atoms with Crippen LogP contribution in [0.5, 0.6) is 0 Å². The summed E-state index contributed by atoms with van der Waals surface area (Å²) in [6.45, 7) is 2.49. The summed E-state index contributed by atoms with van der Waals surface area (Å²) >= 11 is 0. The fraction of sp³-hybridized carbons (Fsp3) is 0.812. The zero-order valence-corrected chi connectivity index (χ0v) is 12.7. The zero-order chi connectivity index (χ0) is 14.4. The van der Waals surface area contributed by atoms with E-state index in [0.717, 1.165) is 17.8 Å². The number of carbonyl (C=O) groups excluding carboxylic acids is 1. The van der Waals surface area contributed by atoms with Crippen LogP contribution in [0.25, 0.3) is 0 Å². The van der Waals surface area contributed by atoms with Crippen LogP contribution >= 0.6 is 0 Å². The second kappa shape index (κ2) is 4.82. The van der Waals surface area contributed by atoms with Crippen molar-refractivity contribution in [2.75, 3.05) is 0 Å². The third-order valence-electron chi connectivity index (χ3n) is 6.15. The van der Waals surface area contributed by atoms with Crippen molar-refractivity contribution < 1.29 is 4.79 Å².